The average molecular weight is 403 g/mol. The van der Waals surface area contributed by atoms with Crippen LogP contribution in [0.2, 0.25) is 0 Å². The number of nitrogens with two attached hydrogens (primary N) is 1. The summed E-state index contributed by atoms with van der Waals surface area (Å²) in [6, 6.07) is 5.08. The minimum Gasteiger partial charge on any atom is -0.390 e. The molecule has 1 aromatic rings. The van der Waals surface area contributed by atoms with Gasteiger partial charge in [0.25, 0.3) is 5.91 Å². The van der Waals surface area contributed by atoms with Crippen molar-refractivity contribution in [2.24, 2.45) is 11.7 Å². The second-order valence-electron chi connectivity index (χ2n) is 7.88. The zero-order valence-corrected chi connectivity index (χ0v) is 16.9. The second kappa shape index (κ2) is 9.67. The van der Waals surface area contributed by atoms with Crippen molar-refractivity contribution in [1.29, 1.82) is 0 Å². The molecular weight excluding hydrogens is 374 g/mol. The third-order valence-electron chi connectivity index (χ3n) is 4.83. The number of primary amides is 1. The predicted molar refractivity (Wildman–Crippen MR) is 108 cm³/mol. The van der Waals surface area contributed by atoms with Crippen molar-refractivity contribution in [3.05, 3.63) is 47.0 Å². The molecule has 3 amide bonds. The van der Waals surface area contributed by atoms with Gasteiger partial charge in [0.1, 0.15) is 12.1 Å². The lowest BCUT2D eigenvalue weighted by Gasteiger charge is -2.31. The van der Waals surface area contributed by atoms with Crippen molar-refractivity contribution in [3.8, 4) is 0 Å². The van der Waals surface area contributed by atoms with Crippen molar-refractivity contribution < 1.29 is 24.6 Å². The van der Waals surface area contributed by atoms with E-state index in [0.717, 1.165) is 5.56 Å². The van der Waals surface area contributed by atoms with Gasteiger partial charge in [-0.05, 0) is 31.4 Å². The van der Waals surface area contributed by atoms with Gasteiger partial charge in [-0.25, -0.2) is 0 Å². The van der Waals surface area contributed by atoms with Crippen molar-refractivity contribution in [1.82, 2.24) is 10.6 Å². The predicted octanol–water partition coefficient (Wildman–Crippen LogP) is 0.162. The normalized spacial score (nSPS) is 22.6. The molecule has 0 saturated carbocycles. The highest BCUT2D eigenvalue weighted by Gasteiger charge is 2.34. The topological polar surface area (TPSA) is 142 Å². The van der Waals surface area contributed by atoms with Crippen LogP contribution in [-0.4, -0.2) is 52.2 Å². The van der Waals surface area contributed by atoms with Crippen molar-refractivity contribution in [3.63, 3.8) is 0 Å². The Kier molecular flexibility index (Phi) is 7.53. The number of rotatable bonds is 7. The molecule has 8 nitrogen and oxygen atoms in total. The van der Waals surface area contributed by atoms with E-state index in [1.165, 1.54) is 6.08 Å². The Morgan fingerprint density at radius 1 is 1.14 bits per heavy atom. The minimum absolute atomic E-state index is 0.100. The largest absolute Gasteiger partial charge is 0.390 e. The molecule has 0 heterocycles. The first-order chi connectivity index (χ1) is 13.6. The van der Waals surface area contributed by atoms with E-state index in [9.17, 15) is 24.6 Å². The molecule has 1 aromatic carbocycles. The van der Waals surface area contributed by atoms with E-state index in [2.05, 4.69) is 10.6 Å². The maximum atomic E-state index is 12.6. The summed E-state index contributed by atoms with van der Waals surface area (Å²) in [5.41, 5.74) is 6.93. The fourth-order valence-electron chi connectivity index (χ4n) is 3.17. The van der Waals surface area contributed by atoms with E-state index in [0.29, 0.717) is 12.0 Å². The number of aliphatic hydroxyl groups excluding tert-OH is 2. The van der Waals surface area contributed by atoms with E-state index in [-0.39, 0.29) is 17.9 Å². The summed E-state index contributed by atoms with van der Waals surface area (Å²) in [4.78, 5) is 36.6. The number of hydrogen-bond acceptors (Lipinski definition) is 5. The number of nitrogens with one attached hydrogen (secondary N) is 2. The summed E-state index contributed by atoms with van der Waals surface area (Å²) in [5, 5.41) is 25.6. The first-order valence-corrected chi connectivity index (χ1v) is 9.63. The fraction of sp³-hybridized carbons (Fsp3) is 0.476. The lowest BCUT2D eigenvalue weighted by molar-refractivity contribution is -0.126. The van der Waals surface area contributed by atoms with Crippen LogP contribution >= 0.6 is 0 Å². The van der Waals surface area contributed by atoms with Gasteiger partial charge in [0.15, 0.2) is 0 Å². The summed E-state index contributed by atoms with van der Waals surface area (Å²) in [5.74, 6) is -1.50. The van der Waals surface area contributed by atoms with Gasteiger partial charge in [-0.3, -0.25) is 14.4 Å². The van der Waals surface area contributed by atoms with Gasteiger partial charge in [-0.1, -0.05) is 37.6 Å². The lowest BCUT2D eigenvalue weighted by Crippen LogP contribution is -2.52. The Hall–Kier alpha value is -2.71. The molecule has 8 heteroatoms. The molecule has 4 atom stereocenters. The molecular formula is C21H29N3O5. The van der Waals surface area contributed by atoms with E-state index in [1.54, 1.807) is 24.3 Å². The van der Waals surface area contributed by atoms with Crippen LogP contribution in [0.1, 0.15) is 42.6 Å². The Balaban J connectivity index is 2.15. The fourth-order valence-corrected chi connectivity index (χ4v) is 3.17. The Labute approximate surface area is 170 Å². The number of hydrogen-bond donors (Lipinski definition) is 5. The number of carbonyl (C=O) groups is 3. The molecule has 0 fully saturated rings. The van der Waals surface area contributed by atoms with E-state index in [1.807, 2.05) is 20.8 Å². The van der Waals surface area contributed by atoms with Crippen LogP contribution in [0.4, 0.5) is 0 Å². The Bertz CT molecular complexity index is 788. The van der Waals surface area contributed by atoms with E-state index < -0.39 is 42.0 Å². The maximum absolute atomic E-state index is 12.6. The third kappa shape index (κ3) is 6.13. The Morgan fingerprint density at radius 2 is 1.76 bits per heavy atom. The molecule has 29 heavy (non-hydrogen) atoms. The van der Waals surface area contributed by atoms with Crippen LogP contribution in [0.15, 0.2) is 35.9 Å². The first kappa shape index (κ1) is 22.6. The molecule has 1 aliphatic rings. The molecule has 0 unspecified atom stereocenters. The van der Waals surface area contributed by atoms with Crippen LogP contribution in [0.3, 0.4) is 0 Å². The van der Waals surface area contributed by atoms with Crippen molar-refractivity contribution >= 4 is 17.7 Å². The zero-order valence-electron chi connectivity index (χ0n) is 16.9. The van der Waals surface area contributed by atoms with Gasteiger partial charge in [-0.15, -0.1) is 0 Å². The van der Waals surface area contributed by atoms with Crippen LogP contribution in [0, 0.1) is 12.8 Å². The first-order valence-electron chi connectivity index (χ1n) is 9.63. The number of aliphatic hydroxyl groups is 2. The van der Waals surface area contributed by atoms with Crippen molar-refractivity contribution in [2.75, 3.05) is 0 Å². The van der Waals surface area contributed by atoms with Gasteiger partial charge in [0.2, 0.25) is 11.8 Å². The third-order valence-corrected chi connectivity index (χ3v) is 4.83. The molecule has 1 aliphatic carbocycles. The van der Waals surface area contributed by atoms with Crippen LogP contribution in [0.25, 0.3) is 0 Å². The standard InChI is InChI=1S/C21H29N3O5/c1-11(2)8-16(19(22)27)24-21(29)14-9-15(18(26)17(25)10-14)23-20(28)13-6-4-12(3)5-7-13/h4-7,9,11,15-18,25-26H,8,10H2,1-3H3,(H2,22,27)(H,23,28)(H,24,29)/t15-,16+,17+,18+/m0/s1. The van der Waals surface area contributed by atoms with Gasteiger partial charge in [0.05, 0.1) is 12.1 Å². The van der Waals surface area contributed by atoms with E-state index >= 15 is 0 Å². The molecule has 0 bridgehead atoms. The number of carbonyl (C=O) groups excluding carboxylic acids is 3. The van der Waals surface area contributed by atoms with Crippen molar-refractivity contribution in [2.45, 2.75) is 57.9 Å². The van der Waals surface area contributed by atoms with Gasteiger partial charge < -0.3 is 26.6 Å². The van der Waals surface area contributed by atoms with Gasteiger partial charge in [0, 0.05) is 17.6 Å². The molecule has 0 saturated heterocycles. The average Bonchev–Trinajstić information content (AvgIpc) is 2.64. The highest BCUT2D eigenvalue weighted by molar-refractivity contribution is 5.98. The minimum atomic E-state index is -1.26. The highest BCUT2D eigenvalue weighted by atomic mass is 16.3. The molecule has 0 aliphatic heterocycles. The maximum Gasteiger partial charge on any atom is 0.251 e. The van der Waals surface area contributed by atoms with Gasteiger partial charge in [-0.2, -0.15) is 0 Å². The SMILES string of the molecule is Cc1ccc(C(=O)N[C@H]2C=C(C(=O)N[C@H](CC(C)C)C(N)=O)C[C@@H](O)[C@@H]2O)cc1. The molecule has 6 N–H and O–H groups in total. The number of aryl methyl sites for hydroxylation is 1. The summed E-state index contributed by atoms with van der Waals surface area (Å²) in [7, 11) is 0. The van der Waals surface area contributed by atoms with Crippen LogP contribution in [-0.2, 0) is 9.59 Å². The number of amides is 3. The molecule has 158 valence electrons. The molecule has 0 spiro atoms. The summed E-state index contributed by atoms with van der Waals surface area (Å²) >= 11 is 0. The summed E-state index contributed by atoms with van der Waals surface area (Å²) in [6.07, 6.45) is -0.805. The van der Waals surface area contributed by atoms with Crippen LogP contribution in [0.5, 0.6) is 0 Å². The zero-order chi connectivity index (χ0) is 21.7. The molecule has 0 radical (unpaired) electrons. The smallest absolute Gasteiger partial charge is 0.251 e. The van der Waals surface area contributed by atoms with Gasteiger partial charge >= 0.3 is 0 Å². The lowest BCUT2D eigenvalue weighted by atomic mass is 9.89. The highest BCUT2D eigenvalue weighted by Crippen LogP contribution is 2.21. The monoisotopic (exact) mass is 403 g/mol. The summed E-state index contributed by atoms with van der Waals surface area (Å²) in [6.45, 7) is 5.70. The number of benzene rings is 1. The molecule has 2 rings (SSSR count). The van der Waals surface area contributed by atoms with Crippen LogP contribution < -0.4 is 16.4 Å². The second-order valence-corrected chi connectivity index (χ2v) is 7.88. The Morgan fingerprint density at radius 3 is 2.31 bits per heavy atom. The van der Waals surface area contributed by atoms with E-state index in [4.69, 9.17) is 5.73 Å². The summed E-state index contributed by atoms with van der Waals surface area (Å²) < 4.78 is 0. The molecule has 0 aromatic heterocycles. The quantitative estimate of drug-likeness (QED) is 0.441.